The molecule has 0 radical (unpaired) electrons. The van der Waals surface area contributed by atoms with E-state index in [1.165, 1.54) is 11.1 Å². The molecule has 0 spiro atoms. The SMILES string of the molecule is Cc1cccc(C)c1N=CC(C)(C)C. The predicted octanol–water partition coefficient (Wildman–Crippen LogP) is 4.05. The second-order valence-corrected chi connectivity index (χ2v) is 4.86. The van der Waals surface area contributed by atoms with Crippen molar-refractivity contribution in [3.63, 3.8) is 0 Å². The Hall–Kier alpha value is -1.11. The molecule has 0 saturated carbocycles. The highest BCUT2D eigenvalue weighted by atomic mass is 14.7. The molecular weight excluding hydrogens is 170 g/mol. The average molecular weight is 189 g/mol. The lowest BCUT2D eigenvalue weighted by Gasteiger charge is -2.11. The molecule has 0 aromatic heterocycles. The summed E-state index contributed by atoms with van der Waals surface area (Å²) in [4.78, 5) is 4.55. The summed E-state index contributed by atoms with van der Waals surface area (Å²) < 4.78 is 0. The van der Waals surface area contributed by atoms with Gasteiger partial charge in [-0.25, -0.2) is 0 Å². The van der Waals surface area contributed by atoms with Crippen LogP contribution in [0.2, 0.25) is 0 Å². The average Bonchev–Trinajstić information content (AvgIpc) is 2.01. The zero-order valence-electron chi connectivity index (χ0n) is 9.76. The molecule has 0 aliphatic heterocycles. The van der Waals surface area contributed by atoms with Crippen LogP contribution in [0.3, 0.4) is 0 Å². The Morgan fingerprint density at radius 2 is 1.57 bits per heavy atom. The highest BCUT2D eigenvalue weighted by Gasteiger charge is 2.06. The van der Waals surface area contributed by atoms with E-state index in [-0.39, 0.29) is 5.41 Å². The van der Waals surface area contributed by atoms with Crippen molar-refractivity contribution in [3.05, 3.63) is 29.3 Å². The van der Waals surface area contributed by atoms with Gasteiger partial charge in [0.25, 0.3) is 0 Å². The third-order valence-electron chi connectivity index (χ3n) is 2.02. The van der Waals surface area contributed by atoms with Gasteiger partial charge in [0.2, 0.25) is 0 Å². The maximum atomic E-state index is 4.55. The second-order valence-electron chi connectivity index (χ2n) is 4.86. The maximum Gasteiger partial charge on any atom is 0.0684 e. The lowest BCUT2D eigenvalue weighted by atomic mass is 9.99. The highest BCUT2D eigenvalue weighted by molar-refractivity contribution is 5.70. The van der Waals surface area contributed by atoms with Crippen LogP contribution in [-0.4, -0.2) is 6.21 Å². The minimum Gasteiger partial charge on any atom is -0.260 e. The van der Waals surface area contributed by atoms with Gasteiger partial charge in [-0.05, 0) is 30.4 Å². The minimum absolute atomic E-state index is 0.148. The molecule has 0 heterocycles. The molecule has 0 aliphatic rings. The van der Waals surface area contributed by atoms with E-state index in [2.05, 4.69) is 57.8 Å². The molecule has 0 saturated heterocycles. The Bertz CT molecular complexity index is 322. The molecule has 1 nitrogen and oxygen atoms in total. The fourth-order valence-corrected chi connectivity index (χ4v) is 1.27. The predicted molar refractivity (Wildman–Crippen MR) is 63.5 cm³/mol. The summed E-state index contributed by atoms with van der Waals surface area (Å²) in [7, 11) is 0. The first-order valence-electron chi connectivity index (χ1n) is 5.01. The van der Waals surface area contributed by atoms with Crippen LogP contribution in [0.4, 0.5) is 5.69 Å². The van der Waals surface area contributed by atoms with Crippen molar-refractivity contribution in [2.75, 3.05) is 0 Å². The molecule has 1 aromatic rings. The summed E-state index contributed by atoms with van der Waals surface area (Å²) in [5.74, 6) is 0. The molecular formula is C13H19N. The van der Waals surface area contributed by atoms with Crippen molar-refractivity contribution < 1.29 is 0 Å². The fourth-order valence-electron chi connectivity index (χ4n) is 1.27. The molecule has 14 heavy (non-hydrogen) atoms. The first kappa shape index (κ1) is 11.0. The first-order chi connectivity index (χ1) is 6.40. The van der Waals surface area contributed by atoms with E-state index in [9.17, 15) is 0 Å². The number of nitrogens with zero attached hydrogens (tertiary/aromatic N) is 1. The second kappa shape index (κ2) is 3.95. The van der Waals surface area contributed by atoms with Crippen molar-refractivity contribution in [2.45, 2.75) is 34.6 Å². The molecule has 76 valence electrons. The van der Waals surface area contributed by atoms with E-state index < -0.39 is 0 Å². The van der Waals surface area contributed by atoms with Gasteiger partial charge in [-0.2, -0.15) is 0 Å². The zero-order valence-corrected chi connectivity index (χ0v) is 9.76. The van der Waals surface area contributed by atoms with Gasteiger partial charge in [-0.15, -0.1) is 0 Å². The van der Waals surface area contributed by atoms with Crippen molar-refractivity contribution in [1.29, 1.82) is 0 Å². The van der Waals surface area contributed by atoms with Gasteiger partial charge in [0.15, 0.2) is 0 Å². The molecule has 0 aliphatic carbocycles. The molecule has 1 aromatic carbocycles. The molecule has 0 amide bonds. The van der Waals surface area contributed by atoms with E-state index in [4.69, 9.17) is 0 Å². The van der Waals surface area contributed by atoms with Crippen molar-refractivity contribution in [2.24, 2.45) is 10.4 Å². The van der Waals surface area contributed by atoms with Crippen molar-refractivity contribution in [1.82, 2.24) is 0 Å². The lowest BCUT2D eigenvalue weighted by molar-refractivity contribution is 0.607. The Kier molecular flexibility index (Phi) is 3.10. The highest BCUT2D eigenvalue weighted by Crippen LogP contribution is 2.23. The van der Waals surface area contributed by atoms with Crippen molar-refractivity contribution in [3.8, 4) is 0 Å². The van der Waals surface area contributed by atoms with E-state index in [0.29, 0.717) is 0 Å². The third kappa shape index (κ3) is 2.99. The number of hydrogen-bond acceptors (Lipinski definition) is 1. The molecule has 0 unspecified atom stereocenters. The van der Waals surface area contributed by atoms with Crippen LogP contribution in [0, 0.1) is 19.3 Å². The molecule has 0 N–H and O–H groups in total. The first-order valence-corrected chi connectivity index (χ1v) is 5.01. The summed E-state index contributed by atoms with van der Waals surface area (Å²) in [6, 6.07) is 6.27. The van der Waals surface area contributed by atoms with Gasteiger partial charge in [-0.1, -0.05) is 39.0 Å². The standard InChI is InChI=1S/C13H19N/c1-10-7-6-8-11(2)12(10)14-9-13(3,4)5/h6-9H,1-5H3. The van der Waals surface area contributed by atoms with Gasteiger partial charge in [0.1, 0.15) is 0 Å². The van der Waals surface area contributed by atoms with Crippen LogP contribution < -0.4 is 0 Å². The summed E-state index contributed by atoms with van der Waals surface area (Å²) in [6.45, 7) is 10.7. The van der Waals surface area contributed by atoms with Gasteiger partial charge in [0, 0.05) is 6.21 Å². The van der Waals surface area contributed by atoms with Gasteiger partial charge < -0.3 is 0 Å². The normalized spacial score (nSPS) is 12.4. The number of aryl methyl sites for hydroxylation is 2. The third-order valence-corrected chi connectivity index (χ3v) is 2.02. The van der Waals surface area contributed by atoms with Gasteiger partial charge in [0.05, 0.1) is 5.69 Å². The van der Waals surface area contributed by atoms with Crippen LogP contribution >= 0.6 is 0 Å². The quantitative estimate of drug-likeness (QED) is 0.591. The van der Waals surface area contributed by atoms with E-state index in [1.54, 1.807) is 0 Å². The van der Waals surface area contributed by atoms with Crippen LogP contribution in [0.1, 0.15) is 31.9 Å². The minimum atomic E-state index is 0.148. The van der Waals surface area contributed by atoms with Gasteiger partial charge in [-0.3, -0.25) is 4.99 Å². The zero-order chi connectivity index (χ0) is 10.8. The van der Waals surface area contributed by atoms with E-state index in [1.807, 2.05) is 6.21 Å². The fraction of sp³-hybridized carbons (Fsp3) is 0.462. The maximum absolute atomic E-state index is 4.55. The molecule has 1 rings (SSSR count). The number of rotatable bonds is 1. The Morgan fingerprint density at radius 1 is 1.07 bits per heavy atom. The monoisotopic (exact) mass is 189 g/mol. The summed E-state index contributed by atoms with van der Waals surface area (Å²) in [5, 5.41) is 0. The Labute approximate surface area is 86.9 Å². The van der Waals surface area contributed by atoms with Crippen molar-refractivity contribution >= 4 is 11.9 Å². The largest absolute Gasteiger partial charge is 0.260 e. The van der Waals surface area contributed by atoms with Crippen LogP contribution in [0.5, 0.6) is 0 Å². The number of aliphatic imine (C=N–C) groups is 1. The number of para-hydroxylation sites is 1. The summed E-state index contributed by atoms with van der Waals surface area (Å²) >= 11 is 0. The lowest BCUT2D eigenvalue weighted by Crippen LogP contribution is -2.05. The summed E-state index contributed by atoms with van der Waals surface area (Å²) in [5.41, 5.74) is 3.74. The topological polar surface area (TPSA) is 12.4 Å². The number of hydrogen-bond donors (Lipinski definition) is 0. The van der Waals surface area contributed by atoms with Crippen LogP contribution in [0.15, 0.2) is 23.2 Å². The Balaban J connectivity index is 3.03. The molecule has 0 fully saturated rings. The molecule has 1 heteroatoms. The Morgan fingerprint density at radius 3 is 2.00 bits per heavy atom. The van der Waals surface area contributed by atoms with E-state index >= 15 is 0 Å². The number of benzene rings is 1. The van der Waals surface area contributed by atoms with Crippen LogP contribution in [-0.2, 0) is 0 Å². The smallest absolute Gasteiger partial charge is 0.0684 e. The van der Waals surface area contributed by atoms with Crippen LogP contribution in [0.25, 0.3) is 0 Å². The van der Waals surface area contributed by atoms with Gasteiger partial charge >= 0.3 is 0 Å². The van der Waals surface area contributed by atoms with E-state index in [0.717, 1.165) is 5.69 Å². The summed E-state index contributed by atoms with van der Waals surface area (Å²) in [6.07, 6.45) is 2.02. The molecule has 0 bridgehead atoms. The molecule has 0 atom stereocenters.